The van der Waals surface area contributed by atoms with E-state index in [-0.39, 0.29) is 5.75 Å². The number of benzene rings is 4. The van der Waals surface area contributed by atoms with Crippen molar-refractivity contribution < 1.29 is 5.11 Å². The summed E-state index contributed by atoms with van der Waals surface area (Å²) in [7, 11) is 0. The first-order valence-electron chi connectivity index (χ1n) is 9.10. The number of phenolic OH excluding ortho intramolecular Hbond substituents is 1. The van der Waals surface area contributed by atoms with Gasteiger partial charge in [-0.25, -0.2) is 0 Å². The minimum absolute atomic E-state index is 0.177. The lowest BCUT2D eigenvalue weighted by molar-refractivity contribution is 0.476. The van der Waals surface area contributed by atoms with Crippen LogP contribution >= 0.6 is 0 Å². The SMILES string of the molecule is Oc1ccccc1-c1nnc(-c2cccc3ccccc23)n1-c1ccccc1. The largest absolute Gasteiger partial charge is 0.507 e. The zero-order valence-electron chi connectivity index (χ0n) is 15.0. The second-order valence-corrected chi connectivity index (χ2v) is 6.56. The normalized spacial score (nSPS) is 11.0. The van der Waals surface area contributed by atoms with Gasteiger partial charge in [0, 0.05) is 11.3 Å². The van der Waals surface area contributed by atoms with E-state index in [1.165, 1.54) is 0 Å². The van der Waals surface area contributed by atoms with E-state index in [4.69, 9.17) is 0 Å². The molecular formula is C24H17N3O. The fraction of sp³-hybridized carbons (Fsp3) is 0. The fourth-order valence-electron chi connectivity index (χ4n) is 3.54. The van der Waals surface area contributed by atoms with Gasteiger partial charge in [-0.2, -0.15) is 0 Å². The second kappa shape index (κ2) is 6.67. The van der Waals surface area contributed by atoms with Crippen LogP contribution < -0.4 is 0 Å². The van der Waals surface area contributed by atoms with E-state index in [1.807, 2.05) is 65.2 Å². The summed E-state index contributed by atoms with van der Waals surface area (Å²) in [4.78, 5) is 0. The average Bonchev–Trinajstić information content (AvgIpc) is 3.19. The number of aromatic hydroxyl groups is 1. The molecule has 4 nitrogen and oxygen atoms in total. The Morgan fingerprint density at radius 2 is 1.18 bits per heavy atom. The molecule has 134 valence electrons. The smallest absolute Gasteiger partial charge is 0.172 e. The van der Waals surface area contributed by atoms with Gasteiger partial charge in [-0.15, -0.1) is 10.2 Å². The van der Waals surface area contributed by atoms with Gasteiger partial charge in [-0.3, -0.25) is 4.57 Å². The summed E-state index contributed by atoms with van der Waals surface area (Å²) in [6, 6.07) is 31.6. The minimum atomic E-state index is 0.177. The Hall–Kier alpha value is -3.92. The quantitative estimate of drug-likeness (QED) is 0.463. The van der Waals surface area contributed by atoms with Crippen LogP contribution in [0.25, 0.3) is 39.2 Å². The molecule has 0 amide bonds. The Balaban J connectivity index is 1.84. The molecule has 5 rings (SSSR count). The molecule has 0 spiro atoms. The number of hydrogen-bond acceptors (Lipinski definition) is 3. The second-order valence-electron chi connectivity index (χ2n) is 6.56. The number of hydrogen-bond donors (Lipinski definition) is 1. The molecule has 0 bridgehead atoms. The van der Waals surface area contributed by atoms with Crippen LogP contribution in [0.2, 0.25) is 0 Å². The van der Waals surface area contributed by atoms with Crippen molar-refractivity contribution in [2.24, 2.45) is 0 Å². The van der Waals surface area contributed by atoms with Crippen LogP contribution in [0.3, 0.4) is 0 Å². The van der Waals surface area contributed by atoms with E-state index in [2.05, 4.69) is 34.5 Å². The van der Waals surface area contributed by atoms with Crippen molar-refractivity contribution in [3.8, 4) is 34.2 Å². The van der Waals surface area contributed by atoms with Gasteiger partial charge in [0.1, 0.15) is 5.75 Å². The highest BCUT2D eigenvalue weighted by atomic mass is 16.3. The Morgan fingerprint density at radius 1 is 0.571 bits per heavy atom. The summed E-state index contributed by atoms with van der Waals surface area (Å²) in [6.45, 7) is 0. The van der Waals surface area contributed by atoms with E-state index in [0.717, 1.165) is 27.8 Å². The Labute approximate surface area is 162 Å². The van der Waals surface area contributed by atoms with Crippen LogP contribution in [-0.4, -0.2) is 19.9 Å². The third-order valence-corrected chi connectivity index (χ3v) is 4.85. The first kappa shape index (κ1) is 16.3. The highest BCUT2D eigenvalue weighted by Crippen LogP contribution is 2.35. The third-order valence-electron chi connectivity index (χ3n) is 4.85. The lowest BCUT2D eigenvalue weighted by Gasteiger charge is -2.13. The molecule has 5 aromatic rings. The van der Waals surface area contributed by atoms with Crippen LogP contribution in [0.5, 0.6) is 5.75 Å². The lowest BCUT2D eigenvalue weighted by atomic mass is 10.0. The van der Waals surface area contributed by atoms with Crippen molar-refractivity contribution in [2.75, 3.05) is 0 Å². The Bertz CT molecular complexity index is 1270. The molecule has 0 unspecified atom stereocenters. The maximum atomic E-state index is 10.4. The summed E-state index contributed by atoms with van der Waals surface area (Å²) >= 11 is 0. The predicted molar refractivity (Wildman–Crippen MR) is 111 cm³/mol. The Morgan fingerprint density at radius 3 is 2.00 bits per heavy atom. The summed E-state index contributed by atoms with van der Waals surface area (Å²) in [6.07, 6.45) is 0. The van der Waals surface area contributed by atoms with Gasteiger partial charge in [0.25, 0.3) is 0 Å². The molecule has 4 aromatic carbocycles. The average molecular weight is 363 g/mol. The molecule has 1 aromatic heterocycles. The number of rotatable bonds is 3. The molecule has 1 heterocycles. The van der Waals surface area contributed by atoms with Gasteiger partial charge in [-0.1, -0.05) is 72.8 Å². The maximum absolute atomic E-state index is 10.4. The molecule has 0 radical (unpaired) electrons. The van der Waals surface area contributed by atoms with Crippen LogP contribution in [0.15, 0.2) is 97.1 Å². The van der Waals surface area contributed by atoms with Gasteiger partial charge in [0.05, 0.1) is 5.56 Å². The minimum Gasteiger partial charge on any atom is -0.507 e. The molecule has 0 aliphatic heterocycles. The molecule has 0 fully saturated rings. The van der Waals surface area contributed by atoms with E-state index in [9.17, 15) is 5.11 Å². The zero-order chi connectivity index (χ0) is 18.9. The van der Waals surface area contributed by atoms with E-state index >= 15 is 0 Å². The molecule has 0 atom stereocenters. The van der Waals surface area contributed by atoms with Crippen LogP contribution in [0, 0.1) is 0 Å². The van der Waals surface area contributed by atoms with Crippen molar-refractivity contribution in [1.29, 1.82) is 0 Å². The first-order valence-corrected chi connectivity index (χ1v) is 9.10. The fourth-order valence-corrected chi connectivity index (χ4v) is 3.54. The summed E-state index contributed by atoms with van der Waals surface area (Å²) in [5, 5.41) is 21.7. The first-order chi connectivity index (χ1) is 13.8. The Kier molecular flexibility index (Phi) is 3.87. The lowest BCUT2D eigenvalue weighted by Crippen LogP contribution is -2.00. The number of nitrogens with zero attached hydrogens (tertiary/aromatic N) is 3. The van der Waals surface area contributed by atoms with E-state index in [0.29, 0.717) is 11.4 Å². The van der Waals surface area contributed by atoms with E-state index in [1.54, 1.807) is 12.1 Å². The molecular weight excluding hydrogens is 346 g/mol. The number of fused-ring (bicyclic) bond motifs is 1. The molecule has 28 heavy (non-hydrogen) atoms. The summed E-state index contributed by atoms with van der Waals surface area (Å²) in [5.41, 5.74) is 2.58. The highest BCUT2D eigenvalue weighted by molar-refractivity contribution is 5.95. The van der Waals surface area contributed by atoms with Gasteiger partial charge < -0.3 is 5.11 Å². The highest BCUT2D eigenvalue weighted by Gasteiger charge is 2.20. The van der Waals surface area contributed by atoms with Crippen LogP contribution in [0.4, 0.5) is 0 Å². The molecule has 0 aliphatic rings. The molecule has 1 N–H and O–H groups in total. The van der Waals surface area contributed by atoms with Crippen molar-refractivity contribution in [1.82, 2.24) is 14.8 Å². The summed E-state index contributed by atoms with van der Waals surface area (Å²) in [5.74, 6) is 1.52. The number of para-hydroxylation sites is 2. The van der Waals surface area contributed by atoms with Gasteiger partial charge >= 0.3 is 0 Å². The van der Waals surface area contributed by atoms with Crippen LogP contribution in [-0.2, 0) is 0 Å². The molecule has 4 heteroatoms. The van der Waals surface area contributed by atoms with Crippen LogP contribution in [0.1, 0.15) is 0 Å². The third kappa shape index (κ3) is 2.63. The van der Waals surface area contributed by atoms with Gasteiger partial charge in [-0.05, 0) is 35.0 Å². The van der Waals surface area contributed by atoms with Gasteiger partial charge in [0.2, 0.25) is 0 Å². The van der Waals surface area contributed by atoms with Crippen molar-refractivity contribution in [3.05, 3.63) is 97.1 Å². The molecule has 0 aliphatic carbocycles. The topological polar surface area (TPSA) is 50.9 Å². The van der Waals surface area contributed by atoms with Crippen molar-refractivity contribution in [3.63, 3.8) is 0 Å². The van der Waals surface area contributed by atoms with Crippen molar-refractivity contribution >= 4 is 10.8 Å². The van der Waals surface area contributed by atoms with Gasteiger partial charge in [0.15, 0.2) is 11.6 Å². The molecule has 0 saturated heterocycles. The number of phenols is 1. The van der Waals surface area contributed by atoms with Crippen molar-refractivity contribution in [2.45, 2.75) is 0 Å². The van der Waals surface area contributed by atoms with E-state index < -0.39 is 0 Å². The summed E-state index contributed by atoms with van der Waals surface area (Å²) < 4.78 is 2.00. The maximum Gasteiger partial charge on any atom is 0.172 e. The standard InChI is InChI=1S/C24H17N3O/c28-22-16-7-6-14-21(22)24-26-25-23(27(24)18-11-2-1-3-12-18)20-15-8-10-17-9-4-5-13-19(17)20/h1-16,28H. The predicted octanol–water partition coefficient (Wildman–Crippen LogP) is 5.46. The monoisotopic (exact) mass is 363 g/mol. The zero-order valence-corrected chi connectivity index (χ0v) is 15.0. The number of aromatic nitrogens is 3. The molecule has 0 saturated carbocycles.